The summed E-state index contributed by atoms with van der Waals surface area (Å²) >= 11 is 7.95. The number of anilines is 1. The van der Waals surface area contributed by atoms with Crippen LogP contribution < -0.4 is 16.0 Å². The van der Waals surface area contributed by atoms with E-state index in [0.29, 0.717) is 0 Å². The van der Waals surface area contributed by atoms with Gasteiger partial charge in [-0.25, -0.2) is 4.98 Å². The van der Waals surface area contributed by atoms with Gasteiger partial charge >= 0.3 is 5.97 Å². The number of β-lactam (4-membered cyclic amide) rings is 1. The van der Waals surface area contributed by atoms with Crippen LogP contribution >= 0.6 is 34.3 Å². The van der Waals surface area contributed by atoms with Crippen molar-refractivity contribution in [3.8, 4) is 0 Å². The zero-order chi connectivity index (χ0) is 23.1. The second-order valence-electron chi connectivity index (χ2n) is 6.35. The number of thiazole rings is 1. The van der Waals surface area contributed by atoms with Crippen LogP contribution in [0.2, 0.25) is 0 Å². The summed E-state index contributed by atoms with van der Waals surface area (Å²) in [6, 6.07) is 2.15. The van der Waals surface area contributed by atoms with E-state index < -0.39 is 35.8 Å². The molecule has 0 aliphatic carbocycles. The molecule has 3 heterocycles. The highest BCUT2D eigenvalue weighted by Gasteiger charge is 2.42. The predicted octanol–water partition coefficient (Wildman–Crippen LogP) is 0.502. The largest absolute Gasteiger partial charge is 0.463 e. The number of aromatic nitrogens is 1. The summed E-state index contributed by atoms with van der Waals surface area (Å²) in [6.07, 6.45) is 0.131. The molecule has 0 spiro atoms. The lowest BCUT2D eigenvalue weighted by atomic mass is 9.99. The van der Waals surface area contributed by atoms with E-state index >= 15 is 0 Å². The molecule has 0 bridgehead atoms. The summed E-state index contributed by atoms with van der Waals surface area (Å²) in [5.41, 5.74) is -0.0545. The molecule has 1 saturated heterocycles. The van der Waals surface area contributed by atoms with Crippen LogP contribution in [0.1, 0.15) is 10.6 Å². The number of hydrogen-bond donors (Lipinski definition) is 3. The molecule has 3 amide bonds. The number of halogens is 1. The van der Waals surface area contributed by atoms with Gasteiger partial charge in [-0.3, -0.25) is 19.2 Å². The zero-order valence-corrected chi connectivity index (χ0v) is 19.0. The molecule has 11 nitrogen and oxygen atoms in total. The number of alkyl halides is 1. The number of carbonyl (C=O) groups excluding carboxylic acids is 4. The van der Waals surface area contributed by atoms with E-state index in [9.17, 15) is 19.2 Å². The molecule has 2 atom stereocenters. The van der Waals surface area contributed by atoms with Crippen LogP contribution in [0.15, 0.2) is 28.0 Å². The summed E-state index contributed by atoms with van der Waals surface area (Å²) in [4.78, 5) is 57.7. The number of nitrogens with one attached hydrogen (secondary N) is 3. The fraction of sp³-hybridized carbons (Fsp3) is 0.333. The molecule has 1 aliphatic heterocycles. The van der Waals surface area contributed by atoms with Crippen LogP contribution in [0.3, 0.4) is 0 Å². The van der Waals surface area contributed by atoms with Gasteiger partial charge in [0.25, 0.3) is 5.91 Å². The van der Waals surface area contributed by atoms with E-state index in [0.717, 1.165) is 16.2 Å². The average Bonchev–Trinajstić information content (AvgIpc) is 3.45. The summed E-state index contributed by atoms with van der Waals surface area (Å²) in [6.45, 7) is -0.0943. The molecule has 3 N–H and O–H groups in total. The average molecular weight is 500 g/mol. The number of amides is 3. The Kier molecular flexibility index (Phi) is 8.14. The first-order chi connectivity index (χ1) is 15.4. The highest BCUT2D eigenvalue weighted by atomic mass is 35.5. The van der Waals surface area contributed by atoms with Gasteiger partial charge in [0.15, 0.2) is 10.8 Å². The van der Waals surface area contributed by atoms with E-state index in [1.165, 1.54) is 23.8 Å². The number of oxime groups is 1. The van der Waals surface area contributed by atoms with Crippen LogP contribution in [0, 0.1) is 0 Å². The maximum absolute atomic E-state index is 12.7. The van der Waals surface area contributed by atoms with Crippen LogP contribution in [-0.2, 0) is 35.2 Å². The molecule has 3 rings (SSSR count). The van der Waals surface area contributed by atoms with Crippen LogP contribution in [-0.4, -0.2) is 66.1 Å². The van der Waals surface area contributed by atoms with Crippen LogP contribution in [0.4, 0.5) is 5.13 Å². The number of carbonyl (C=O) groups is 4. The summed E-state index contributed by atoms with van der Waals surface area (Å²) < 4.78 is 5.21. The molecule has 32 heavy (non-hydrogen) atoms. The molecule has 0 saturated carbocycles. The monoisotopic (exact) mass is 499 g/mol. The Bertz CT molecular complexity index is 1020. The standard InChI is InChI=1S/C18H18ClN5O6S2/c1-29-24-15(11-8-32-18(21-11)22-12(25)6-19)17(28)23-14-10(20-16(14)27)7-30-13(26)5-9-3-2-4-31-9/h2-4,8,10,14H,5-7H2,1H3,(H,20,27)(H,23,28)(H,21,22,25)/t10-,14+/m0/s1. The van der Waals surface area contributed by atoms with Crippen molar-refractivity contribution in [2.75, 3.05) is 24.9 Å². The lowest BCUT2D eigenvalue weighted by molar-refractivity contribution is -0.148. The van der Waals surface area contributed by atoms with Crippen molar-refractivity contribution in [1.29, 1.82) is 0 Å². The second-order valence-corrected chi connectivity index (χ2v) is 8.51. The molecule has 0 unspecified atom stereocenters. The van der Waals surface area contributed by atoms with Gasteiger partial charge in [0.05, 0.1) is 12.5 Å². The minimum atomic E-state index is -0.923. The van der Waals surface area contributed by atoms with Gasteiger partial charge in [-0.15, -0.1) is 34.3 Å². The van der Waals surface area contributed by atoms with Gasteiger partial charge in [0, 0.05) is 10.3 Å². The zero-order valence-electron chi connectivity index (χ0n) is 16.6. The van der Waals surface area contributed by atoms with E-state index in [1.807, 2.05) is 17.5 Å². The van der Waals surface area contributed by atoms with Crippen molar-refractivity contribution in [3.63, 3.8) is 0 Å². The van der Waals surface area contributed by atoms with Crippen molar-refractivity contribution in [2.24, 2.45) is 5.16 Å². The lowest BCUT2D eigenvalue weighted by Crippen LogP contribution is -2.71. The van der Waals surface area contributed by atoms with E-state index in [4.69, 9.17) is 21.2 Å². The second kappa shape index (κ2) is 11.0. The van der Waals surface area contributed by atoms with E-state index in [2.05, 4.69) is 26.1 Å². The maximum atomic E-state index is 12.7. The molecule has 0 radical (unpaired) electrons. The molecule has 14 heteroatoms. The predicted molar refractivity (Wildman–Crippen MR) is 118 cm³/mol. The molecule has 0 aromatic carbocycles. The van der Waals surface area contributed by atoms with Crippen LogP contribution in [0.5, 0.6) is 0 Å². The normalized spacial score (nSPS) is 17.7. The fourth-order valence-corrected chi connectivity index (χ4v) is 4.10. The molecule has 2 aromatic heterocycles. The highest BCUT2D eigenvalue weighted by molar-refractivity contribution is 7.14. The Morgan fingerprint density at radius 2 is 2.16 bits per heavy atom. The van der Waals surface area contributed by atoms with Crippen molar-refractivity contribution < 1.29 is 28.8 Å². The van der Waals surface area contributed by atoms with Gasteiger partial charge in [-0.2, -0.15) is 0 Å². The van der Waals surface area contributed by atoms with Crippen molar-refractivity contribution in [2.45, 2.75) is 18.5 Å². The number of thiophene rings is 1. The third-order valence-electron chi connectivity index (χ3n) is 4.13. The van der Waals surface area contributed by atoms with E-state index in [1.54, 1.807) is 0 Å². The number of hydrogen-bond acceptors (Lipinski definition) is 10. The van der Waals surface area contributed by atoms with Crippen molar-refractivity contribution in [3.05, 3.63) is 33.5 Å². The van der Waals surface area contributed by atoms with Gasteiger partial charge in [0.2, 0.25) is 11.8 Å². The van der Waals surface area contributed by atoms with Gasteiger partial charge in [-0.1, -0.05) is 11.2 Å². The minimum Gasteiger partial charge on any atom is -0.463 e. The quantitative estimate of drug-likeness (QED) is 0.142. The molecule has 1 aliphatic rings. The fourth-order valence-electron chi connectivity index (χ4n) is 2.63. The topological polar surface area (TPSA) is 148 Å². The number of nitrogens with zero attached hydrogens (tertiary/aromatic N) is 2. The summed E-state index contributed by atoms with van der Waals surface area (Å²) in [7, 11) is 1.25. The number of ether oxygens (including phenoxy) is 1. The van der Waals surface area contributed by atoms with Gasteiger partial charge in [0.1, 0.15) is 31.3 Å². The Balaban J connectivity index is 1.58. The molecule has 1 fully saturated rings. The molecular weight excluding hydrogens is 482 g/mol. The summed E-state index contributed by atoms with van der Waals surface area (Å²) in [5, 5.41) is 14.8. The first-order valence-electron chi connectivity index (χ1n) is 9.13. The maximum Gasteiger partial charge on any atom is 0.311 e. The van der Waals surface area contributed by atoms with Gasteiger partial charge in [-0.05, 0) is 11.4 Å². The smallest absolute Gasteiger partial charge is 0.311 e. The Morgan fingerprint density at radius 1 is 1.34 bits per heavy atom. The van der Waals surface area contributed by atoms with E-state index in [-0.39, 0.29) is 35.4 Å². The number of esters is 1. The Morgan fingerprint density at radius 3 is 2.81 bits per heavy atom. The van der Waals surface area contributed by atoms with Crippen molar-refractivity contribution in [1.82, 2.24) is 15.6 Å². The molecule has 2 aromatic rings. The highest BCUT2D eigenvalue weighted by Crippen LogP contribution is 2.17. The Hall–Kier alpha value is -3.03. The first kappa shape index (κ1) is 23.6. The SMILES string of the molecule is CON=C(C(=O)N[C@H]1C(=O)N[C@H]1COC(=O)Cc1cccs1)c1csc(NC(=O)CCl)n1. The number of rotatable bonds is 10. The first-order valence-corrected chi connectivity index (χ1v) is 11.4. The molecular formula is C18H18ClN5O6S2. The lowest BCUT2D eigenvalue weighted by Gasteiger charge is -2.36. The third-order valence-corrected chi connectivity index (χ3v) is 6.01. The molecule has 170 valence electrons. The minimum absolute atomic E-state index is 0.0943. The third kappa shape index (κ3) is 6.02. The van der Waals surface area contributed by atoms with Crippen LogP contribution in [0.25, 0.3) is 0 Å². The van der Waals surface area contributed by atoms with Gasteiger partial charge < -0.3 is 25.5 Å². The summed E-state index contributed by atoms with van der Waals surface area (Å²) in [5.74, 6) is -2.28. The van der Waals surface area contributed by atoms with Crippen molar-refractivity contribution >= 4 is 68.8 Å². The Labute approximate surface area is 195 Å².